The van der Waals surface area contributed by atoms with Crippen LogP contribution in [0.2, 0.25) is 5.02 Å². The number of aromatic nitrogens is 2. The summed E-state index contributed by atoms with van der Waals surface area (Å²) in [6.45, 7) is 4.88. The summed E-state index contributed by atoms with van der Waals surface area (Å²) in [6.07, 6.45) is 0. The Bertz CT molecular complexity index is 822. The van der Waals surface area contributed by atoms with Crippen LogP contribution in [0.5, 0.6) is 0 Å². The molecule has 2 aromatic carbocycles. The molecule has 0 radical (unpaired) electrons. The SMILES string of the molecule is Cc1ccc(Cn2nc(CBr)cc2-c2ccc(Cl)c(C)c2)cc1. The van der Waals surface area contributed by atoms with Crippen LogP contribution < -0.4 is 0 Å². The van der Waals surface area contributed by atoms with Gasteiger partial charge in [-0.25, -0.2) is 0 Å². The fraction of sp³-hybridized carbons (Fsp3) is 0.211. The lowest BCUT2D eigenvalue weighted by atomic mass is 10.1. The van der Waals surface area contributed by atoms with Gasteiger partial charge in [-0.15, -0.1) is 0 Å². The summed E-state index contributed by atoms with van der Waals surface area (Å²) in [6, 6.07) is 16.8. The second-order valence-corrected chi connectivity index (χ2v) is 6.73. The van der Waals surface area contributed by atoms with Crippen molar-refractivity contribution in [1.82, 2.24) is 9.78 Å². The fourth-order valence-corrected chi connectivity index (χ4v) is 2.95. The summed E-state index contributed by atoms with van der Waals surface area (Å²) in [5.41, 5.74) is 6.86. The average Bonchev–Trinajstić information content (AvgIpc) is 2.95. The second kappa shape index (κ2) is 6.90. The second-order valence-electron chi connectivity index (χ2n) is 5.76. The van der Waals surface area contributed by atoms with Crippen molar-refractivity contribution in [3.05, 3.63) is 75.9 Å². The Balaban J connectivity index is 2.00. The zero-order valence-electron chi connectivity index (χ0n) is 13.2. The summed E-state index contributed by atoms with van der Waals surface area (Å²) in [5, 5.41) is 6.25. The molecule has 0 aliphatic heterocycles. The Hall–Kier alpha value is -1.58. The van der Waals surface area contributed by atoms with Crippen molar-refractivity contribution in [2.75, 3.05) is 0 Å². The van der Waals surface area contributed by atoms with Crippen molar-refractivity contribution in [2.24, 2.45) is 0 Å². The topological polar surface area (TPSA) is 17.8 Å². The number of hydrogen-bond acceptors (Lipinski definition) is 1. The van der Waals surface area contributed by atoms with Gasteiger partial charge in [0, 0.05) is 15.9 Å². The van der Waals surface area contributed by atoms with Gasteiger partial charge in [-0.2, -0.15) is 5.10 Å². The summed E-state index contributed by atoms with van der Waals surface area (Å²) in [4.78, 5) is 0. The van der Waals surface area contributed by atoms with Crippen LogP contribution in [-0.4, -0.2) is 9.78 Å². The first-order valence-corrected chi connectivity index (χ1v) is 9.01. The van der Waals surface area contributed by atoms with E-state index in [9.17, 15) is 0 Å². The summed E-state index contributed by atoms with van der Waals surface area (Å²) in [5.74, 6) is 0. The van der Waals surface area contributed by atoms with Crippen molar-refractivity contribution in [2.45, 2.75) is 25.7 Å². The lowest BCUT2D eigenvalue weighted by Crippen LogP contribution is -2.04. The van der Waals surface area contributed by atoms with Crippen molar-refractivity contribution < 1.29 is 0 Å². The van der Waals surface area contributed by atoms with E-state index >= 15 is 0 Å². The third-order valence-corrected chi connectivity index (χ3v) is 4.87. The van der Waals surface area contributed by atoms with Gasteiger partial charge in [-0.05, 0) is 43.2 Å². The van der Waals surface area contributed by atoms with Crippen molar-refractivity contribution in [3.8, 4) is 11.3 Å². The molecule has 0 fully saturated rings. The van der Waals surface area contributed by atoms with Crippen LogP contribution in [0.1, 0.15) is 22.4 Å². The highest BCUT2D eigenvalue weighted by molar-refractivity contribution is 9.08. The molecule has 0 bridgehead atoms. The molecule has 1 heterocycles. The molecule has 0 N–H and O–H groups in total. The van der Waals surface area contributed by atoms with Gasteiger partial charge in [0.25, 0.3) is 0 Å². The molecule has 3 aromatic rings. The van der Waals surface area contributed by atoms with Gasteiger partial charge in [-0.3, -0.25) is 4.68 Å². The maximum Gasteiger partial charge on any atom is 0.0736 e. The van der Waals surface area contributed by atoms with Crippen LogP contribution in [0.15, 0.2) is 48.5 Å². The Labute approximate surface area is 150 Å². The third-order valence-electron chi connectivity index (χ3n) is 3.87. The molecule has 0 aliphatic carbocycles. The van der Waals surface area contributed by atoms with Crippen molar-refractivity contribution in [1.29, 1.82) is 0 Å². The number of benzene rings is 2. The zero-order chi connectivity index (χ0) is 16.4. The summed E-state index contributed by atoms with van der Waals surface area (Å²) in [7, 11) is 0. The number of aryl methyl sites for hydroxylation is 2. The Morgan fingerprint density at radius 2 is 1.78 bits per heavy atom. The van der Waals surface area contributed by atoms with Gasteiger partial charge < -0.3 is 0 Å². The number of nitrogens with zero attached hydrogens (tertiary/aromatic N) is 2. The molecule has 0 saturated carbocycles. The molecular weight excluding hydrogens is 372 g/mol. The van der Waals surface area contributed by atoms with Crippen LogP contribution in [-0.2, 0) is 11.9 Å². The Morgan fingerprint density at radius 3 is 2.43 bits per heavy atom. The first-order valence-electron chi connectivity index (χ1n) is 7.51. The van der Waals surface area contributed by atoms with E-state index in [1.807, 2.05) is 13.0 Å². The predicted octanol–water partition coefficient (Wildman–Crippen LogP) is 5.76. The van der Waals surface area contributed by atoms with Gasteiger partial charge in [0.15, 0.2) is 0 Å². The van der Waals surface area contributed by atoms with E-state index in [0.29, 0.717) is 0 Å². The molecule has 1 aromatic heterocycles. The van der Waals surface area contributed by atoms with E-state index in [0.717, 1.165) is 39.4 Å². The molecular formula is C19H18BrClN2. The fourth-order valence-electron chi connectivity index (χ4n) is 2.56. The Kier molecular flexibility index (Phi) is 4.88. The molecule has 0 amide bonds. The molecule has 0 unspecified atom stereocenters. The molecule has 0 spiro atoms. The van der Waals surface area contributed by atoms with Gasteiger partial charge >= 0.3 is 0 Å². The van der Waals surface area contributed by atoms with E-state index in [-0.39, 0.29) is 0 Å². The maximum atomic E-state index is 6.16. The monoisotopic (exact) mass is 388 g/mol. The number of hydrogen-bond donors (Lipinski definition) is 0. The predicted molar refractivity (Wildman–Crippen MR) is 100 cm³/mol. The number of rotatable bonds is 4. The first kappa shape index (κ1) is 16.3. The smallest absolute Gasteiger partial charge is 0.0736 e. The average molecular weight is 390 g/mol. The van der Waals surface area contributed by atoms with E-state index in [1.165, 1.54) is 11.1 Å². The standard InChI is InChI=1S/C19H18BrClN2/c1-13-3-5-15(6-4-13)12-23-19(10-17(11-20)22-23)16-7-8-18(21)14(2)9-16/h3-10H,11-12H2,1-2H3. The highest BCUT2D eigenvalue weighted by atomic mass is 79.9. The van der Waals surface area contributed by atoms with Crippen LogP contribution in [0, 0.1) is 13.8 Å². The summed E-state index contributed by atoms with van der Waals surface area (Å²) >= 11 is 9.66. The van der Waals surface area contributed by atoms with E-state index in [4.69, 9.17) is 16.7 Å². The lowest BCUT2D eigenvalue weighted by molar-refractivity contribution is 0.686. The summed E-state index contributed by atoms with van der Waals surface area (Å²) < 4.78 is 2.06. The molecule has 0 atom stereocenters. The third kappa shape index (κ3) is 3.67. The number of alkyl halides is 1. The zero-order valence-corrected chi connectivity index (χ0v) is 15.5. The van der Waals surface area contributed by atoms with Crippen LogP contribution in [0.4, 0.5) is 0 Å². The number of halogens is 2. The quantitative estimate of drug-likeness (QED) is 0.518. The molecule has 0 aliphatic rings. The minimum absolute atomic E-state index is 0.744. The largest absolute Gasteiger partial charge is 0.260 e. The minimum Gasteiger partial charge on any atom is -0.260 e. The lowest BCUT2D eigenvalue weighted by Gasteiger charge is -2.09. The van der Waals surface area contributed by atoms with Gasteiger partial charge in [0.2, 0.25) is 0 Å². The highest BCUT2D eigenvalue weighted by Crippen LogP contribution is 2.26. The maximum absolute atomic E-state index is 6.16. The first-order chi connectivity index (χ1) is 11.1. The van der Waals surface area contributed by atoms with E-state index in [1.54, 1.807) is 0 Å². The highest BCUT2D eigenvalue weighted by Gasteiger charge is 2.11. The molecule has 3 rings (SSSR count). The van der Waals surface area contributed by atoms with Gasteiger partial charge in [0.05, 0.1) is 17.9 Å². The normalized spacial score (nSPS) is 11.0. The van der Waals surface area contributed by atoms with E-state index < -0.39 is 0 Å². The van der Waals surface area contributed by atoms with Crippen LogP contribution >= 0.6 is 27.5 Å². The van der Waals surface area contributed by atoms with Crippen LogP contribution in [0.3, 0.4) is 0 Å². The molecule has 4 heteroatoms. The van der Waals surface area contributed by atoms with Gasteiger partial charge in [-0.1, -0.05) is 63.4 Å². The van der Waals surface area contributed by atoms with Gasteiger partial charge in [0.1, 0.15) is 0 Å². The Morgan fingerprint density at radius 1 is 1.04 bits per heavy atom. The minimum atomic E-state index is 0.744. The van der Waals surface area contributed by atoms with E-state index in [2.05, 4.69) is 70.0 Å². The van der Waals surface area contributed by atoms with Crippen LogP contribution in [0.25, 0.3) is 11.3 Å². The molecule has 118 valence electrons. The van der Waals surface area contributed by atoms with Crippen molar-refractivity contribution in [3.63, 3.8) is 0 Å². The molecule has 0 saturated heterocycles. The molecule has 23 heavy (non-hydrogen) atoms. The van der Waals surface area contributed by atoms with Crippen molar-refractivity contribution >= 4 is 27.5 Å². The molecule has 2 nitrogen and oxygen atoms in total.